The van der Waals surface area contributed by atoms with E-state index >= 15 is 0 Å². The molecule has 0 aliphatic rings. The van der Waals surface area contributed by atoms with Crippen LogP contribution in [0.15, 0.2) is 12.2 Å². The number of carbonyl (C=O) groups excluding carboxylic acids is 1. The molecular formula is C9H16O3. The highest BCUT2D eigenvalue weighted by Gasteiger charge is 2.16. The Balaban J connectivity index is 4.01. The van der Waals surface area contributed by atoms with Gasteiger partial charge in [0.1, 0.15) is 0 Å². The largest absolute Gasteiger partial charge is 0.466 e. The van der Waals surface area contributed by atoms with Crippen LogP contribution in [0.5, 0.6) is 0 Å². The number of ether oxygens (including phenoxy) is 2. The molecule has 12 heavy (non-hydrogen) atoms. The Kier molecular flexibility index (Phi) is 4.59. The molecule has 0 saturated heterocycles. The van der Waals surface area contributed by atoms with Gasteiger partial charge in [0.2, 0.25) is 0 Å². The van der Waals surface area contributed by atoms with Gasteiger partial charge in [-0.3, -0.25) is 0 Å². The summed E-state index contributed by atoms with van der Waals surface area (Å²) in [7, 11) is 1.33. The highest BCUT2D eigenvalue weighted by molar-refractivity contribution is 5.88. The van der Waals surface area contributed by atoms with Crippen molar-refractivity contribution >= 4 is 5.97 Å². The molecule has 0 aromatic carbocycles. The molecule has 70 valence electrons. The molecule has 0 aromatic heterocycles. The summed E-state index contributed by atoms with van der Waals surface area (Å²) >= 11 is 0. The molecule has 1 atom stereocenters. The predicted octanol–water partition coefficient (Wildman–Crippen LogP) is 1.53. The maximum atomic E-state index is 10.9. The van der Waals surface area contributed by atoms with Crippen LogP contribution in [0.3, 0.4) is 0 Å². The summed E-state index contributed by atoms with van der Waals surface area (Å²) in [4.78, 5) is 10.9. The van der Waals surface area contributed by atoms with Crippen LogP contribution in [-0.2, 0) is 14.3 Å². The molecule has 0 heterocycles. The van der Waals surface area contributed by atoms with Crippen LogP contribution < -0.4 is 0 Å². The zero-order chi connectivity index (χ0) is 9.72. The summed E-state index contributed by atoms with van der Waals surface area (Å²) in [5.41, 5.74) is 0.353. The van der Waals surface area contributed by atoms with Crippen molar-refractivity contribution in [3.63, 3.8) is 0 Å². The van der Waals surface area contributed by atoms with Gasteiger partial charge >= 0.3 is 5.97 Å². The van der Waals surface area contributed by atoms with Crippen molar-refractivity contribution in [1.29, 1.82) is 0 Å². The Morgan fingerprint density at radius 3 is 2.17 bits per heavy atom. The minimum Gasteiger partial charge on any atom is -0.466 e. The van der Waals surface area contributed by atoms with Gasteiger partial charge in [-0.1, -0.05) is 6.58 Å². The van der Waals surface area contributed by atoms with E-state index < -0.39 is 5.97 Å². The number of esters is 1. The Bertz CT molecular complexity index is 173. The second-order valence-corrected chi connectivity index (χ2v) is 2.84. The van der Waals surface area contributed by atoms with Gasteiger partial charge in [0.15, 0.2) is 0 Å². The summed E-state index contributed by atoms with van der Waals surface area (Å²) in [6, 6.07) is 0. The quantitative estimate of drug-likeness (QED) is 0.476. The first-order valence-corrected chi connectivity index (χ1v) is 3.91. The summed E-state index contributed by atoms with van der Waals surface area (Å²) in [6.07, 6.45) is -0.196. The van der Waals surface area contributed by atoms with E-state index in [4.69, 9.17) is 4.74 Å². The fourth-order valence-electron chi connectivity index (χ4n) is 0.787. The van der Waals surface area contributed by atoms with Gasteiger partial charge in [-0.2, -0.15) is 0 Å². The third-order valence-corrected chi connectivity index (χ3v) is 1.41. The zero-order valence-corrected chi connectivity index (χ0v) is 8.09. The molecule has 1 unspecified atom stereocenters. The number of carbonyl (C=O) groups is 1. The third-order valence-electron chi connectivity index (χ3n) is 1.41. The van der Waals surface area contributed by atoms with Crippen molar-refractivity contribution in [3.05, 3.63) is 12.2 Å². The molecule has 0 saturated carbocycles. The number of rotatable bonds is 4. The van der Waals surface area contributed by atoms with Gasteiger partial charge < -0.3 is 9.47 Å². The van der Waals surface area contributed by atoms with Crippen molar-refractivity contribution in [2.24, 2.45) is 0 Å². The van der Waals surface area contributed by atoms with Gasteiger partial charge in [-0.15, -0.1) is 0 Å². The van der Waals surface area contributed by atoms with Crippen LogP contribution >= 0.6 is 0 Å². The van der Waals surface area contributed by atoms with E-state index in [0.717, 1.165) is 0 Å². The molecule has 0 aromatic rings. The van der Waals surface area contributed by atoms with E-state index in [0.29, 0.717) is 5.57 Å². The standard InChI is InChI=1S/C9H16O3/c1-6(2)12-8(4)7(3)9(10)11-5/h6,8H,3H2,1-2,4-5H3. The van der Waals surface area contributed by atoms with Crippen molar-refractivity contribution in [1.82, 2.24) is 0 Å². The van der Waals surface area contributed by atoms with Gasteiger partial charge in [0, 0.05) is 0 Å². The zero-order valence-electron chi connectivity index (χ0n) is 8.09. The molecule has 0 radical (unpaired) electrons. The molecular weight excluding hydrogens is 156 g/mol. The van der Waals surface area contributed by atoms with E-state index in [1.807, 2.05) is 13.8 Å². The Hall–Kier alpha value is -0.830. The van der Waals surface area contributed by atoms with Gasteiger partial charge in [0.05, 0.1) is 24.9 Å². The van der Waals surface area contributed by atoms with E-state index in [1.54, 1.807) is 6.92 Å². The molecule has 0 fully saturated rings. The fourth-order valence-corrected chi connectivity index (χ4v) is 0.787. The highest BCUT2D eigenvalue weighted by atomic mass is 16.5. The minimum atomic E-state index is -0.414. The van der Waals surface area contributed by atoms with E-state index in [1.165, 1.54) is 7.11 Å². The van der Waals surface area contributed by atoms with Crippen molar-refractivity contribution in [2.75, 3.05) is 7.11 Å². The van der Waals surface area contributed by atoms with Gasteiger partial charge in [-0.05, 0) is 20.8 Å². The van der Waals surface area contributed by atoms with E-state index in [2.05, 4.69) is 11.3 Å². The molecule has 0 aliphatic carbocycles. The molecule has 0 aliphatic heterocycles. The number of methoxy groups -OCH3 is 1. The second kappa shape index (κ2) is 4.93. The molecule has 0 spiro atoms. The van der Waals surface area contributed by atoms with Crippen LogP contribution in [0.2, 0.25) is 0 Å². The van der Waals surface area contributed by atoms with E-state index in [-0.39, 0.29) is 12.2 Å². The summed E-state index contributed by atoms with van der Waals surface area (Å²) in [5, 5.41) is 0. The molecule has 0 rings (SSSR count). The second-order valence-electron chi connectivity index (χ2n) is 2.84. The molecule has 0 amide bonds. The maximum Gasteiger partial charge on any atom is 0.335 e. The predicted molar refractivity (Wildman–Crippen MR) is 46.8 cm³/mol. The lowest BCUT2D eigenvalue weighted by atomic mass is 10.2. The van der Waals surface area contributed by atoms with Crippen molar-refractivity contribution in [2.45, 2.75) is 33.0 Å². The van der Waals surface area contributed by atoms with Crippen molar-refractivity contribution in [3.8, 4) is 0 Å². The third kappa shape index (κ3) is 3.53. The molecule has 0 bridgehead atoms. The average molecular weight is 172 g/mol. The topological polar surface area (TPSA) is 35.5 Å². The fraction of sp³-hybridized carbons (Fsp3) is 0.667. The Morgan fingerprint density at radius 2 is 1.83 bits per heavy atom. The molecule has 3 nitrogen and oxygen atoms in total. The van der Waals surface area contributed by atoms with Crippen LogP contribution in [0.4, 0.5) is 0 Å². The van der Waals surface area contributed by atoms with Crippen LogP contribution in [0, 0.1) is 0 Å². The SMILES string of the molecule is C=C(C(=O)OC)C(C)OC(C)C. The van der Waals surface area contributed by atoms with Gasteiger partial charge in [0.25, 0.3) is 0 Å². The summed E-state index contributed by atoms with van der Waals surface area (Å²) in [5.74, 6) is -0.414. The van der Waals surface area contributed by atoms with Crippen LogP contribution in [0.1, 0.15) is 20.8 Å². The number of hydrogen-bond acceptors (Lipinski definition) is 3. The normalized spacial score (nSPS) is 12.8. The minimum absolute atomic E-state index is 0.0846. The number of hydrogen-bond donors (Lipinski definition) is 0. The average Bonchev–Trinajstić information content (AvgIpc) is 2.00. The lowest BCUT2D eigenvalue weighted by Crippen LogP contribution is -2.21. The first kappa shape index (κ1) is 11.2. The lowest BCUT2D eigenvalue weighted by Gasteiger charge is -2.16. The smallest absolute Gasteiger partial charge is 0.335 e. The Labute approximate surface area is 73.4 Å². The molecule has 3 heteroatoms. The van der Waals surface area contributed by atoms with Crippen LogP contribution in [-0.4, -0.2) is 25.3 Å². The van der Waals surface area contributed by atoms with Crippen LogP contribution in [0.25, 0.3) is 0 Å². The van der Waals surface area contributed by atoms with Crippen molar-refractivity contribution < 1.29 is 14.3 Å². The highest BCUT2D eigenvalue weighted by Crippen LogP contribution is 2.07. The molecule has 0 N–H and O–H groups in total. The Morgan fingerprint density at radius 1 is 1.33 bits per heavy atom. The monoisotopic (exact) mass is 172 g/mol. The summed E-state index contributed by atoms with van der Waals surface area (Å²) in [6.45, 7) is 9.16. The van der Waals surface area contributed by atoms with Gasteiger partial charge in [-0.25, -0.2) is 4.79 Å². The maximum absolute atomic E-state index is 10.9. The first-order chi connectivity index (χ1) is 5.49. The summed E-state index contributed by atoms with van der Waals surface area (Å²) < 4.78 is 9.83. The lowest BCUT2D eigenvalue weighted by molar-refractivity contribution is -0.137. The van der Waals surface area contributed by atoms with E-state index in [9.17, 15) is 4.79 Å². The first-order valence-electron chi connectivity index (χ1n) is 3.91.